The molecule has 0 aliphatic heterocycles. The number of aromatic nitrogens is 5. The molecule has 0 saturated carbocycles. The molecule has 0 amide bonds. The minimum atomic E-state index is -4.80. The summed E-state index contributed by atoms with van der Waals surface area (Å²) in [6.45, 7) is 5.80. The fraction of sp³-hybridized carbons (Fsp3) is 0.303. The summed E-state index contributed by atoms with van der Waals surface area (Å²) in [7, 11) is 0. The molecule has 51 heavy (non-hydrogen) atoms. The molecule has 0 radical (unpaired) electrons. The number of thioether (sulfide) groups is 1. The highest BCUT2D eigenvalue weighted by molar-refractivity contribution is 8.13. The van der Waals surface area contributed by atoms with Crippen molar-refractivity contribution in [2.75, 3.05) is 12.3 Å². The Bertz CT molecular complexity index is 2110. The van der Waals surface area contributed by atoms with Crippen LogP contribution in [0.15, 0.2) is 87.8 Å². The molecule has 0 atom stereocenters. The molecule has 0 saturated heterocycles. The fourth-order valence-electron chi connectivity index (χ4n) is 4.80. The maximum absolute atomic E-state index is 14.1. The minimum absolute atomic E-state index is 0.0845. The number of aryl methyl sites for hydroxylation is 1. The van der Waals surface area contributed by atoms with E-state index in [2.05, 4.69) is 24.8 Å². The van der Waals surface area contributed by atoms with Crippen LogP contribution in [0.25, 0.3) is 22.8 Å². The van der Waals surface area contributed by atoms with Crippen LogP contribution in [0.1, 0.15) is 37.8 Å². The molecule has 0 fully saturated rings. The van der Waals surface area contributed by atoms with Gasteiger partial charge in [-0.1, -0.05) is 49.9 Å². The van der Waals surface area contributed by atoms with Crippen LogP contribution < -0.4 is 15.2 Å². The Labute approximate surface area is 294 Å². The molecule has 0 aliphatic rings. The van der Waals surface area contributed by atoms with Gasteiger partial charge in [0.05, 0.1) is 17.1 Å². The number of alkyl halides is 6. The predicted molar refractivity (Wildman–Crippen MR) is 181 cm³/mol. The molecule has 0 aliphatic carbocycles. The molecule has 5 aromatic rings. The number of rotatable bonds is 10. The monoisotopic (exact) mass is 753 g/mol. The molecule has 0 unspecified atom stereocenters. The van der Waals surface area contributed by atoms with Gasteiger partial charge in [0.15, 0.2) is 11.0 Å². The van der Waals surface area contributed by atoms with Gasteiger partial charge >= 0.3 is 18.2 Å². The number of aliphatic imine (C=N–C) groups is 1. The first kappa shape index (κ1) is 37.5. The number of ether oxygens (including phenoxy) is 1. The van der Waals surface area contributed by atoms with Gasteiger partial charge in [0, 0.05) is 18.7 Å². The van der Waals surface area contributed by atoms with Crippen molar-refractivity contribution in [2.24, 2.45) is 9.98 Å². The highest BCUT2D eigenvalue weighted by Crippen LogP contribution is 2.26. The lowest BCUT2D eigenvalue weighted by Gasteiger charge is -2.13. The van der Waals surface area contributed by atoms with Crippen molar-refractivity contribution in [3.05, 3.63) is 105 Å². The van der Waals surface area contributed by atoms with Crippen molar-refractivity contribution in [3.63, 3.8) is 0 Å². The molecule has 270 valence electrons. The fourth-order valence-corrected chi connectivity index (χ4v) is 6.36. The van der Waals surface area contributed by atoms with E-state index in [4.69, 9.17) is 0 Å². The zero-order valence-electron chi connectivity index (χ0n) is 27.2. The highest BCUT2D eigenvalue weighted by Gasteiger charge is 2.31. The average molecular weight is 754 g/mol. The number of hydrogen-bond donors (Lipinski definition) is 0. The number of halogens is 7. The summed E-state index contributed by atoms with van der Waals surface area (Å²) in [5.41, 5.74) is 2.39. The first-order valence-corrected chi connectivity index (χ1v) is 17.1. The number of hydrogen-bond acceptors (Lipinski definition) is 7. The standard InChI is InChI=1S/C33H30F7N7O2S2/c1-4-46-31(48)47(27-14-9-23(34)17-26(27)20(2)3)30(51-46)43-29(50-18-32(35,36)37)41-16-15-21-5-7-22(8-6-21)28-42-19-45(44-28)24-10-12-25(13-11-24)49-33(38,39)40/h5-14,17,19-20H,4,15-16,18H2,1-3H3/b41-29-,43-30-. The first-order chi connectivity index (χ1) is 24.1. The molecule has 3 aromatic carbocycles. The number of amidine groups is 1. The Morgan fingerprint density at radius 1 is 1.00 bits per heavy atom. The number of benzene rings is 3. The van der Waals surface area contributed by atoms with E-state index in [1.54, 1.807) is 31.2 Å². The Hall–Kier alpha value is -4.71. The quantitative estimate of drug-likeness (QED) is 0.0822. The molecule has 0 N–H and O–H groups in total. The van der Waals surface area contributed by atoms with Crippen molar-refractivity contribution in [2.45, 2.75) is 52.2 Å². The Morgan fingerprint density at radius 2 is 1.71 bits per heavy atom. The predicted octanol–water partition coefficient (Wildman–Crippen LogP) is 7.92. The molecule has 2 heterocycles. The van der Waals surface area contributed by atoms with Gasteiger partial charge in [-0.05, 0) is 84.4 Å². The van der Waals surface area contributed by atoms with E-state index in [9.17, 15) is 35.5 Å². The van der Waals surface area contributed by atoms with E-state index < -0.39 is 29.8 Å². The van der Waals surface area contributed by atoms with Gasteiger partial charge in [0.2, 0.25) is 4.80 Å². The third kappa shape index (κ3) is 9.96. The van der Waals surface area contributed by atoms with Crippen molar-refractivity contribution in [1.29, 1.82) is 0 Å². The van der Waals surface area contributed by atoms with Crippen molar-refractivity contribution < 1.29 is 35.5 Å². The van der Waals surface area contributed by atoms with Gasteiger partial charge in [-0.2, -0.15) is 18.2 Å². The molecular weight excluding hydrogens is 724 g/mol. The van der Waals surface area contributed by atoms with E-state index in [0.717, 1.165) is 29.2 Å². The van der Waals surface area contributed by atoms with Crippen LogP contribution in [0.2, 0.25) is 0 Å². The molecule has 0 spiro atoms. The van der Waals surface area contributed by atoms with Crippen molar-refractivity contribution >= 4 is 28.5 Å². The lowest BCUT2D eigenvalue weighted by atomic mass is 10.0. The Kier molecular flexibility index (Phi) is 11.5. The summed E-state index contributed by atoms with van der Waals surface area (Å²) in [6, 6.07) is 16.2. The summed E-state index contributed by atoms with van der Waals surface area (Å²) in [4.78, 5) is 26.5. The van der Waals surface area contributed by atoms with Crippen LogP contribution in [0.4, 0.5) is 30.7 Å². The number of nitrogens with zero attached hydrogens (tertiary/aromatic N) is 7. The topological polar surface area (TPSA) is 91.6 Å². The zero-order chi connectivity index (χ0) is 36.9. The summed E-state index contributed by atoms with van der Waals surface area (Å²) < 4.78 is 99.3. The SMILES string of the molecule is CCn1s/c(=N\C(=N\CCc2ccc(-c3ncn(-c4ccc(OC(F)(F)F)cc4)n3)cc2)SCC(F)(F)F)n(-c2ccc(F)cc2C(C)C)c1=O. The second kappa shape index (κ2) is 15.7. The molecular formula is C33H30F7N7O2S2. The van der Waals surface area contributed by atoms with Crippen molar-refractivity contribution in [3.8, 4) is 28.5 Å². The van der Waals surface area contributed by atoms with Gasteiger partial charge in [-0.15, -0.1) is 18.3 Å². The van der Waals surface area contributed by atoms with Gasteiger partial charge < -0.3 is 4.74 Å². The van der Waals surface area contributed by atoms with Gasteiger partial charge in [-0.3, -0.25) is 4.99 Å². The van der Waals surface area contributed by atoms with Crippen LogP contribution in [-0.4, -0.2) is 53.3 Å². The second-order valence-corrected chi connectivity index (χ2v) is 13.2. The summed E-state index contributed by atoms with van der Waals surface area (Å²) >= 11 is 1.38. The maximum Gasteiger partial charge on any atom is 0.573 e. The van der Waals surface area contributed by atoms with Crippen LogP contribution in [-0.2, 0) is 13.0 Å². The third-order valence-electron chi connectivity index (χ3n) is 7.17. The summed E-state index contributed by atoms with van der Waals surface area (Å²) in [5, 5.41) is 4.22. The Morgan fingerprint density at radius 3 is 2.33 bits per heavy atom. The van der Waals surface area contributed by atoms with Crippen LogP contribution in [0.3, 0.4) is 0 Å². The summed E-state index contributed by atoms with van der Waals surface area (Å²) in [5.74, 6) is -1.91. The lowest BCUT2D eigenvalue weighted by molar-refractivity contribution is -0.274. The highest BCUT2D eigenvalue weighted by atomic mass is 32.2. The van der Waals surface area contributed by atoms with E-state index in [-0.39, 0.29) is 28.2 Å². The largest absolute Gasteiger partial charge is 0.573 e. The van der Waals surface area contributed by atoms with E-state index in [1.807, 2.05) is 13.8 Å². The summed E-state index contributed by atoms with van der Waals surface area (Å²) in [6.07, 6.45) is -7.54. The van der Waals surface area contributed by atoms with E-state index >= 15 is 0 Å². The smallest absolute Gasteiger partial charge is 0.406 e. The molecule has 5 rings (SSSR count). The molecule has 18 heteroatoms. The third-order valence-corrected chi connectivity index (χ3v) is 9.19. The lowest BCUT2D eigenvalue weighted by Crippen LogP contribution is -2.29. The van der Waals surface area contributed by atoms with Crippen LogP contribution in [0.5, 0.6) is 5.75 Å². The maximum atomic E-state index is 14.1. The molecule has 2 aromatic heterocycles. The molecule has 9 nitrogen and oxygen atoms in total. The van der Waals surface area contributed by atoms with E-state index in [0.29, 0.717) is 53.1 Å². The van der Waals surface area contributed by atoms with Gasteiger partial charge in [0.1, 0.15) is 17.9 Å². The molecule has 0 bridgehead atoms. The second-order valence-electron chi connectivity index (χ2n) is 11.2. The zero-order valence-corrected chi connectivity index (χ0v) is 28.9. The van der Waals surface area contributed by atoms with Crippen LogP contribution >= 0.6 is 23.3 Å². The minimum Gasteiger partial charge on any atom is -0.406 e. The Balaban J connectivity index is 1.36. The van der Waals surface area contributed by atoms with Crippen LogP contribution in [0, 0.1) is 5.82 Å². The van der Waals surface area contributed by atoms with Crippen molar-refractivity contribution in [1.82, 2.24) is 23.3 Å². The average Bonchev–Trinajstić information content (AvgIpc) is 3.68. The normalized spacial score (nSPS) is 13.0. The van der Waals surface area contributed by atoms with Gasteiger partial charge in [-0.25, -0.2) is 27.4 Å². The first-order valence-electron chi connectivity index (χ1n) is 15.4. The van der Waals surface area contributed by atoms with Gasteiger partial charge in [0.25, 0.3) is 0 Å². The van der Waals surface area contributed by atoms with E-state index in [1.165, 1.54) is 49.9 Å².